The van der Waals surface area contributed by atoms with Crippen LogP contribution in [0.15, 0.2) is 204 Å². The summed E-state index contributed by atoms with van der Waals surface area (Å²) in [4.78, 5) is 123. The number of carbonyl (C=O) groups is 4. The molecule has 4 saturated heterocycles. The third-order valence-corrected chi connectivity index (χ3v) is 22.9. The molecule has 20 heterocycles. The molecule has 29 nitrogen and oxygen atoms in total. The topological polar surface area (TPSA) is 321 Å². The fraction of sp³-hybridized carbons (Fsp3) is 0.244. The molecule has 8 bridgehead atoms. The van der Waals surface area contributed by atoms with Gasteiger partial charge in [-0.25, -0.2) is 49.1 Å². The van der Waals surface area contributed by atoms with E-state index in [4.69, 9.17) is 19.9 Å². The largest absolute Gasteiger partial charge is 0.366 e. The molecule has 0 aliphatic carbocycles. The number of aromatic nitrogens is 12. The van der Waals surface area contributed by atoms with Crippen molar-refractivity contribution in [2.75, 3.05) is 113 Å². The Labute approximate surface area is 691 Å². The molecule has 0 unspecified atom stereocenters. The highest BCUT2D eigenvalue weighted by molar-refractivity contribution is 9.11. The normalized spacial score (nSPS) is 17.1. The van der Waals surface area contributed by atoms with Gasteiger partial charge in [-0.2, -0.15) is 5.26 Å². The predicted molar refractivity (Wildman–Crippen MR) is 459 cm³/mol. The molecule has 0 aromatic carbocycles. The number of aryl methyl sites for hydroxylation is 5. The van der Waals surface area contributed by atoms with Crippen LogP contribution in [0.1, 0.15) is 59.6 Å². The van der Waals surface area contributed by atoms with E-state index >= 15 is 0 Å². The van der Waals surface area contributed by atoms with Gasteiger partial charge in [-0.15, -0.1) is 0 Å². The fourth-order valence-electron chi connectivity index (χ4n) is 16.2. The minimum atomic E-state index is -0.249. The number of rotatable bonds is 8. The van der Waals surface area contributed by atoms with Crippen LogP contribution in [0.25, 0.3) is 45.0 Å². The lowest BCUT2D eigenvalue weighted by Gasteiger charge is -2.36. The number of carbonyl (C=O) groups excluding carboxylic acids is 4. The maximum absolute atomic E-state index is 13.2. The number of nitriles is 1. The van der Waals surface area contributed by atoms with E-state index < -0.39 is 0 Å². The second kappa shape index (κ2) is 32.8. The van der Waals surface area contributed by atoms with Crippen LogP contribution in [0.4, 0.5) is 88.2 Å². The molecular weight excluding hydrogens is 1610 g/mol. The monoisotopic (exact) mass is 1680 g/mol. The molecule has 8 aliphatic heterocycles. The van der Waals surface area contributed by atoms with E-state index in [0.717, 1.165) is 177 Å². The van der Waals surface area contributed by atoms with Crippen molar-refractivity contribution in [1.29, 1.82) is 5.26 Å². The third-order valence-electron chi connectivity index (χ3n) is 21.7. The van der Waals surface area contributed by atoms with E-state index in [-0.39, 0.29) is 48.3 Å². The lowest BCUT2D eigenvalue weighted by atomic mass is 10.1. The first kappa shape index (κ1) is 76.2. The first-order chi connectivity index (χ1) is 56.9. The SMILES string of the molecule is Cc1cc(-c2nc3c(cc2Br)N2CC[C@@H](C2)N3C(=O)Nc2ccccn2)ccn1.Cc1cc(-c2nc3c(cc2Br)N2CC[C@@H](C2)N3C(=O)Nc2cccnc2)ccn1.Cc1ccc(-c2cc(C)c3c(n2)N(C(=O)Nc2ccccn2)[C@H]2CCN3C2)cn1.Cc1ccc(-c2nc3c(cc2C#N)N2CC[C@@H](C2)N3C(=O)Nc2cccnc2)cn1. The molecule has 0 radical (unpaired) electrons. The average molecular weight is 1690 g/mol. The Morgan fingerprint density at radius 1 is 0.393 bits per heavy atom. The van der Waals surface area contributed by atoms with Crippen LogP contribution in [-0.4, -0.2) is 160 Å². The molecule has 8 aliphatic rings. The molecule has 4 fully saturated rings. The number of pyridine rings is 12. The standard InChI is InChI=1S/C22H19N7O.C22H22N6O.2C21H19BrN6O/c1-14-4-5-15(11-25-14)20-16(10-23)9-19-21(27-20)29(18-6-8-28(19)13-18)22(30)26-17-3-2-7-24-12-17;1-14-11-18(16-7-6-15(2)24-12-16)25-21-20(14)27-10-8-17(13-27)28(21)22(29)26-19-5-3-4-9-23-19;1-13-9-14(4-7-24-13)19-17(22)10-18-20(26-19)28(16-5-8-27(18)12-16)21(29)25-15-3-2-6-23-11-15;1-13-10-14(5-8-23-13)19-16(22)11-17-20(26-19)28(15-6-9-27(17)12-15)21(29)25-18-4-2-3-7-24-18/h2-5,7,9,11-12,18H,6,8,13H2,1H3,(H,26,30);3-7,9,11-12,17H,8,10,13H2,1-2H3,(H,23,26,29);2-4,6-7,9-11,16H,5,8,12H2,1H3,(H,25,29);2-5,7-8,10-11,15H,6,9,12H2,1H3,(H,24,25,29)/t18-;17-;16-;15-/m0000/s1. The quantitative estimate of drug-likeness (QED) is 0.110. The number of nitrogens with one attached hydrogen (secondary N) is 4. The summed E-state index contributed by atoms with van der Waals surface area (Å²) in [5.74, 6) is 3.71. The van der Waals surface area contributed by atoms with E-state index in [9.17, 15) is 24.4 Å². The summed E-state index contributed by atoms with van der Waals surface area (Å²) in [5.41, 5.74) is 16.9. The summed E-state index contributed by atoms with van der Waals surface area (Å²) in [6.45, 7) is 16.6. The van der Waals surface area contributed by atoms with E-state index in [1.807, 2.05) is 124 Å². The number of hydrogen-bond acceptors (Lipinski definition) is 21. The maximum atomic E-state index is 13.2. The number of halogens is 2. The van der Waals surface area contributed by atoms with Crippen LogP contribution < -0.4 is 60.5 Å². The van der Waals surface area contributed by atoms with Crippen LogP contribution in [0, 0.1) is 45.9 Å². The van der Waals surface area contributed by atoms with Gasteiger partial charge in [0.1, 0.15) is 17.7 Å². The van der Waals surface area contributed by atoms with Gasteiger partial charge in [0.25, 0.3) is 0 Å². The Morgan fingerprint density at radius 2 is 0.829 bits per heavy atom. The van der Waals surface area contributed by atoms with Gasteiger partial charge < -0.3 is 30.2 Å². The summed E-state index contributed by atoms with van der Waals surface area (Å²) >= 11 is 7.36. The summed E-state index contributed by atoms with van der Waals surface area (Å²) in [6.07, 6.45) is 20.6. The smallest absolute Gasteiger partial charge is 0.329 e. The first-order valence-corrected chi connectivity index (χ1v) is 40.2. The van der Waals surface area contributed by atoms with Crippen molar-refractivity contribution in [1.82, 2.24) is 59.8 Å². The molecule has 586 valence electrons. The second-order valence-corrected chi connectivity index (χ2v) is 31.3. The lowest BCUT2D eigenvalue weighted by Crippen LogP contribution is -2.48. The molecule has 117 heavy (non-hydrogen) atoms. The molecule has 0 spiro atoms. The number of nitrogens with zero attached hydrogens (tertiary/aromatic N) is 21. The van der Waals surface area contributed by atoms with Crippen molar-refractivity contribution in [3.63, 3.8) is 0 Å². The third kappa shape index (κ3) is 15.7. The van der Waals surface area contributed by atoms with Crippen LogP contribution in [0.2, 0.25) is 0 Å². The van der Waals surface area contributed by atoms with Gasteiger partial charge in [-0.05, 0) is 219 Å². The summed E-state index contributed by atoms with van der Waals surface area (Å²) in [6, 6.07) is 43.6. The van der Waals surface area contributed by atoms with Crippen LogP contribution in [0.3, 0.4) is 0 Å². The zero-order chi connectivity index (χ0) is 80.5. The van der Waals surface area contributed by atoms with Gasteiger partial charge in [-0.3, -0.25) is 60.1 Å². The Hall–Kier alpha value is -13.5. The van der Waals surface area contributed by atoms with Crippen molar-refractivity contribution < 1.29 is 19.2 Å². The highest BCUT2D eigenvalue weighted by atomic mass is 79.9. The molecular formula is C86H79Br2N25O4. The van der Waals surface area contributed by atoms with Gasteiger partial charge in [-0.1, -0.05) is 12.1 Å². The molecule has 12 aromatic rings. The zero-order valence-electron chi connectivity index (χ0n) is 64.6. The second-order valence-electron chi connectivity index (χ2n) is 29.6. The summed E-state index contributed by atoms with van der Waals surface area (Å²) in [7, 11) is 0. The molecule has 0 saturated carbocycles. The Balaban J connectivity index is 0.000000112. The van der Waals surface area contributed by atoms with Crippen LogP contribution in [-0.2, 0) is 0 Å². The van der Waals surface area contributed by atoms with Gasteiger partial charge in [0, 0.05) is 156 Å². The average Bonchev–Trinajstić information content (AvgIpc) is 1.68. The van der Waals surface area contributed by atoms with E-state index in [2.05, 4.69) is 144 Å². The molecule has 8 amide bonds. The fourth-order valence-corrected chi connectivity index (χ4v) is 17.3. The number of anilines is 12. The van der Waals surface area contributed by atoms with Gasteiger partial charge in [0.15, 0.2) is 23.3 Å². The first-order valence-electron chi connectivity index (χ1n) is 38.6. The molecule has 4 atom stereocenters. The molecule has 20 rings (SSSR count). The zero-order valence-corrected chi connectivity index (χ0v) is 67.7. The number of amides is 8. The Kier molecular flexibility index (Phi) is 21.3. The minimum absolute atomic E-state index is 0.0265. The van der Waals surface area contributed by atoms with Crippen molar-refractivity contribution in [2.45, 2.75) is 84.5 Å². The van der Waals surface area contributed by atoms with Gasteiger partial charge >= 0.3 is 24.1 Å². The predicted octanol–water partition coefficient (Wildman–Crippen LogP) is 15.6. The summed E-state index contributed by atoms with van der Waals surface area (Å²) < 4.78 is 1.80. The maximum Gasteiger partial charge on any atom is 0.329 e. The lowest BCUT2D eigenvalue weighted by molar-refractivity contribution is 0.254. The van der Waals surface area contributed by atoms with Crippen molar-refractivity contribution in [3.8, 4) is 51.1 Å². The Morgan fingerprint density at radius 3 is 1.26 bits per heavy atom. The van der Waals surface area contributed by atoms with Crippen LogP contribution >= 0.6 is 31.9 Å². The van der Waals surface area contributed by atoms with E-state index in [0.29, 0.717) is 57.5 Å². The number of fused-ring (bicyclic) bond motifs is 16. The van der Waals surface area contributed by atoms with Crippen molar-refractivity contribution in [3.05, 3.63) is 238 Å². The van der Waals surface area contributed by atoms with E-state index in [1.165, 1.54) is 0 Å². The molecule has 12 aromatic heterocycles. The van der Waals surface area contributed by atoms with Gasteiger partial charge in [0.05, 0.1) is 99.0 Å². The summed E-state index contributed by atoms with van der Waals surface area (Å²) in [5, 5.41) is 21.5. The van der Waals surface area contributed by atoms with E-state index in [1.54, 1.807) is 101 Å². The van der Waals surface area contributed by atoms with Crippen molar-refractivity contribution in [2.24, 2.45) is 0 Å². The highest BCUT2D eigenvalue weighted by Crippen LogP contribution is 2.48. The molecule has 4 N–H and O–H groups in total. The van der Waals surface area contributed by atoms with Crippen LogP contribution in [0.5, 0.6) is 0 Å². The number of urea groups is 4. The molecule has 31 heteroatoms. The van der Waals surface area contributed by atoms with Crippen molar-refractivity contribution >= 4 is 125 Å². The highest BCUT2D eigenvalue weighted by Gasteiger charge is 2.46. The van der Waals surface area contributed by atoms with Gasteiger partial charge in [0.2, 0.25) is 0 Å². The Bertz CT molecular complexity index is 5650. The minimum Gasteiger partial charge on any atom is -0.366 e. The number of hydrogen-bond donors (Lipinski definition) is 4.